The Morgan fingerprint density at radius 1 is 1.39 bits per heavy atom. The molecule has 2 heterocycles. The summed E-state index contributed by atoms with van der Waals surface area (Å²) in [5, 5.41) is 0. The van der Waals surface area contributed by atoms with E-state index in [1.54, 1.807) is 11.3 Å². The van der Waals surface area contributed by atoms with Gasteiger partial charge in [0.15, 0.2) is 3.92 Å². The second-order valence-corrected chi connectivity index (χ2v) is 8.37. The van der Waals surface area contributed by atoms with Gasteiger partial charge >= 0.3 is 0 Å². The molecule has 0 bridgehead atoms. The zero-order chi connectivity index (χ0) is 16.4. The number of hydrogen-bond acceptors (Lipinski definition) is 4. The monoisotopic (exact) mass is 392 g/mol. The van der Waals surface area contributed by atoms with E-state index in [0.717, 1.165) is 22.3 Å². The maximum absolute atomic E-state index is 6.60. The van der Waals surface area contributed by atoms with Crippen molar-refractivity contribution in [1.82, 2.24) is 14.5 Å². The minimum atomic E-state index is 0.0490. The molecule has 0 fully saturated rings. The van der Waals surface area contributed by atoms with Gasteiger partial charge in [0.25, 0.3) is 0 Å². The van der Waals surface area contributed by atoms with Crippen LogP contribution in [0.15, 0.2) is 40.8 Å². The summed E-state index contributed by atoms with van der Waals surface area (Å²) in [4.78, 5) is 8.67. The topological polar surface area (TPSA) is 56.7 Å². The molecule has 0 aliphatic heterocycles. The summed E-state index contributed by atoms with van der Waals surface area (Å²) in [6, 6.07) is 6.56. The van der Waals surface area contributed by atoms with Crippen LogP contribution < -0.4 is 5.73 Å². The van der Waals surface area contributed by atoms with Gasteiger partial charge in [-0.3, -0.25) is 0 Å². The zero-order valence-electron chi connectivity index (χ0n) is 13.3. The molecule has 0 aliphatic rings. The minimum absolute atomic E-state index is 0.0490. The third kappa shape index (κ3) is 3.65. The highest BCUT2D eigenvalue weighted by Crippen LogP contribution is 2.31. The average molecular weight is 393 g/mol. The lowest BCUT2D eigenvalue weighted by molar-refractivity contribution is 0.377. The molecule has 3 aromatic rings. The van der Waals surface area contributed by atoms with Crippen molar-refractivity contribution in [2.75, 3.05) is 0 Å². The highest BCUT2D eigenvalue weighted by atomic mass is 79.9. The van der Waals surface area contributed by atoms with E-state index in [2.05, 4.69) is 62.5 Å². The van der Waals surface area contributed by atoms with E-state index in [4.69, 9.17) is 5.73 Å². The maximum atomic E-state index is 6.60. The molecule has 0 amide bonds. The normalized spacial score (nSPS) is 15.7. The molecule has 0 saturated heterocycles. The SMILES string of the molecule is CCC(C)CC(N)C(c1ccc2nc(Br)sc2c1)n1ccnc1. The van der Waals surface area contributed by atoms with Gasteiger partial charge < -0.3 is 10.3 Å². The largest absolute Gasteiger partial charge is 0.328 e. The summed E-state index contributed by atoms with van der Waals surface area (Å²) in [5.41, 5.74) is 8.83. The molecule has 0 spiro atoms. The van der Waals surface area contributed by atoms with E-state index < -0.39 is 0 Å². The molecule has 2 aromatic heterocycles. The van der Waals surface area contributed by atoms with E-state index in [9.17, 15) is 0 Å². The van der Waals surface area contributed by atoms with Gasteiger partial charge in [0.05, 0.1) is 22.6 Å². The van der Waals surface area contributed by atoms with Crippen molar-refractivity contribution < 1.29 is 0 Å². The van der Waals surface area contributed by atoms with Crippen LogP contribution in [0, 0.1) is 5.92 Å². The molecule has 3 atom stereocenters. The maximum Gasteiger partial charge on any atom is 0.160 e. The third-order valence-corrected chi connectivity index (χ3v) is 5.82. The number of thiazole rings is 1. The number of rotatable bonds is 6. The predicted octanol–water partition coefficient (Wildman–Crippen LogP) is 4.61. The van der Waals surface area contributed by atoms with Gasteiger partial charge in [-0.15, -0.1) is 11.3 Å². The molecule has 3 unspecified atom stereocenters. The second-order valence-electron chi connectivity index (χ2n) is 6.06. The quantitative estimate of drug-likeness (QED) is 0.666. The van der Waals surface area contributed by atoms with Crippen LogP contribution in [-0.2, 0) is 0 Å². The molecular formula is C17H21BrN4S. The highest BCUT2D eigenvalue weighted by Gasteiger charge is 2.23. The first kappa shape index (κ1) is 16.6. The summed E-state index contributed by atoms with van der Waals surface area (Å²) in [7, 11) is 0. The Balaban J connectivity index is 1.99. The number of hydrogen-bond donors (Lipinski definition) is 1. The van der Waals surface area contributed by atoms with Gasteiger partial charge in [0.1, 0.15) is 0 Å². The number of halogens is 1. The van der Waals surface area contributed by atoms with Crippen LogP contribution in [0.3, 0.4) is 0 Å². The molecule has 0 radical (unpaired) electrons. The molecule has 3 rings (SSSR count). The van der Waals surface area contributed by atoms with Gasteiger partial charge in [0, 0.05) is 18.4 Å². The Kier molecular flexibility index (Phi) is 5.14. The van der Waals surface area contributed by atoms with E-state index in [1.807, 2.05) is 18.7 Å². The van der Waals surface area contributed by atoms with Gasteiger partial charge in [0.2, 0.25) is 0 Å². The Labute approximate surface area is 148 Å². The number of imidazole rings is 1. The van der Waals surface area contributed by atoms with Crippen LogP contribution in [0.2, 0.25) is 0 Å². The number of fused-ring (bicyclic) bond motifs is 1. The van der Waals surface area contributed by atoms with Crippen LogP contribution >= 0.6 is 27.3 Å². The molecule has 4 nitrogen and oxygen atoms in total. The van der Waals surface area contributed by atoms with Crippen molar-refractivity contribution in [3.63, 3.8) is 0 Å². The van der Waals surface area contributed by atoms with Crippen LogP contribution in [-0.4, -0.2) is 20.6 Å². The Hall–Kier alpha value is -1.24. The number of nitrogens with zero attached hydrogens (tertiary/aromatic N) is 3. The fraction of sp³-hybridized carbons (Fsp3) is 0.412. The Morgan fingerprint density at radius 2 is 2.22 bits per heavy atom. The highest BCUT2D eigenvalue weighted by molar-refractivity contribution is 9.11. The number of nitrogens with two attached hydrogens (primary N) is 1. The smallest absolute Gasteiger partial charge is 0.160 e. The van der Waals surface area contributed by atoms with Gasteiger partial charge in [-0.05, 0) is 46.0 Å². The van der Waals surface area contributed by atoms with Crippen molar-refractivity contribution in [2.24, 2.45) is 11.7 Å². The van der Waals surface area contributed by atoms with Gasteiger partial charge in [-0.25, -0.2) is 9.97 Å². The van der Waals surface area contributed by atoms with Crippen molar-refractivity contribution in [1.29, 1.82) is 0 Å². The standard InChI is InChI=1S/C17H21BrN4S/c1-3-11(2)8-13(19)16(22-7-6-20-10-22)12-4-5-14-15(9-12)23-17(18)21-14/h4-7,9-11,13,16H,3,8,19H2,1-2H3. The lowest BCUT2D eigenvalue weighted by atomic mass is 9.91. The fourth-order valence-corrected chi connectivity index (χ4v) is 4.38. The lowest BCUT2D eigenvalue weighted by Crippen LogP contribution is -2.34. The molecule has 0 saturated carbocycles. The first-order valence-electron chi connectivity index (χ1n) is 7.87. The average Bonchev–Trinajstić information content (AvgIpc) is 3.15. The molecule has 6 heteroatoms. The molecular weight excluding hydrogens is 372 g/mol. The molecule has 2 N–H and O–H groups in total. The Morgan fingerprint density at radius 3 is 2.91 bits per heavy atom. The van der Waals surface area contributed by atoms with Gasteiger partial charge in [-0.2, -0.15) is 0 Å². The van der Waals surface area contributed by atoms with Crippen LogP contribution in [0.5, 0.6) is 0 Å². The summed E-state index contributed by atoms with van der Waals surface area (Å²) < 4.78 is 4.20. The van der Waals surface area contributed by atoms with Crippen molar-refractivity contribution in [3.05, 3.63) is 46.4 Å². The van der Waals surface area contributed by atoms with E-state index >= 15 is 0 Å². The molecule has 23 heavy (non-hydrogen) atoms. The van der Waals surface area contributed by atoms with Crippen molar-refractivity contribution in [3.8, 4) is 0 Å². The summed E-state index contributed by atoms with van der Waals surface area (Å²) >= 11 is 5.11. The second kappa shape index (κ2) is 7.11. The fourth-order valence-electron chi connectivity index (χ4n) is 2.93. The third-order valence-electron chi connectivity index (χ3n) is 4.35. The molecule has 0 aliphatic carbocycles. The predicted molar refractivity (Wildman–Crippen MR) is 99.7 cm³/mol. The van der Waals surface area contributed by atoms with E-state index in [0.29, 0.717) is 5.92 Å². The van der Waals surface area contributed by atoms with Crippen LogP contribution in [0.1, 0.15) is 38.3 Å². The summed E-state index contributed by atoms with van der Waals surface area (Å²) in [6.45, 7) is 4.47. The molecule has 122 valence electrons. The zero-order valence-corrected chi connectivity index (χ0v) is 15.7. The van der Waals surface area contributed by atoms with E-state index in [1.165, 1.54) is 10.3 Å². The van der Waals surface area contributed by atoms with Crippen LogP contribution in [0.4, 0.5) is 0 Å². The van der Waals surface area contributed by atoms with Crippen molar-refractivity contribution >= 4 is 37.5 Å². The number of aromatic nitrogens is 3. The number of benzene rings is 1. The van der Waals surface area contributed by atoms with Gasteiger partial charge in [-0.1, -0.05) is 26.3 Å². The lowest BCUT2D eigenvalue weighted by Gasteiger charge is -2.27. The summed E-state index contributed by atoms with van der Waals surface area (Å²) in [5.74, 6) is 0.609. The minimum Gasteiger partial charge on any atom is -0.328 e. The van der Waals surface area contributed by atoms with Crippen LogP contribution in [0.25, 0.3) is 10.2 Å². The molecule has 1 aromatic carbocycles. The van der Waals surface area contributed by atoms with Crippen molar-refractivity contribution in [2.45, 2.75) is 38.8 Å². The summed E-state index contributed by atoms with van der Waals surface area (Å²) in [6.07, 6.45) is 7.79. The Bertz CT molecular complexity index is 768. The van der Waals surface area contributed by atoms with E-state index in [-0.39, 0.29) is 12.1 Å². The first-order chi connectivity index (χ1) is 11.1. The first-order valence-corrected chi connectivity index (χ1v) is 9.48.